The molecule has 0 amide bonds. The van der Waals surface area contributed by atoms with E-state index in [2.05, 4.69) is 4.99 Å². The van der Waals surface area contributed by atoms with Crippen molar-refractivity contribution >= 4 is 35.0 Å². The van der Waals surface area contributed by atoms with Gasteiger partial charge >= 0.3 is 5.97 Å². The van der Waals surface area contributed by atoms with Crippen LogP contribution < -0.4 is 0 Å². The molecule has 0 aliphatic carbocycles. The summed E-state index contributed by atoms with van der Waals surface area (Å²) in [4.78, 5) is 26.0. The number of nitro benzene ring substituents is 1. The molecule has 1 aliphatic rings. The average molecular weight is 300 g/mol. The fourth-order valence-electron chi connectivity index (χ4n) is 1.77. The molecule has 1 aromatic heterocycles. The maximum atomic E-state index is 11.7. The molecular weight excluding hydrogens is 292 g/mol. The lowest BCUT2D eigenvalue weighted by molar-refractivity contribution is -0.384. The molecule has 3 rings (SSSR count). The lowest BCUT2D eigenvalue weighted by atomic mass is 10.2. The molecule has 21 heavy (non-hydrogen) atoms. The van der Waals surface area contributed by atoms with Gasteiger partial charge < -0.3 is 4.74 Å². The standard InChI is InChI=1S/C14H8N2O4S/c17-14-12(7-9-5-6-21-8-9)15-13(20-14)10-1-3-11(4-2-10)16(18)19/h1-8H. The van der Waals surface area contributed by atoms with Gasteiger partial charge in [0.1, 0.15) is 0 Å². The summed E-state index contributed by atoms with van der Waals surface area (Å²) in [5.41, 5.74) is 1.57. The molecule has 0 bridgehead atoms. The number of nitrogens with zero attached hydrogens (tertiary/aromatic N) is 2. The van der Waals surface area contributed by atoms with Crippen LogP contribution in [0.2, 0.25) is 0 Å². The average Bonchev–Trinajstić information content (AvgIpc) is 3.10. The van der Waals surface area contributed by atoms with Gasteiger partial charge in [-0.2, -0.15) is 11.3 Å². The van der Waals surface area contributed by atoms with E-state index in [1.54, 1.807) is 6.08 Å². The lowest BCUT2D eigenvalue weighted by Crippen LogP contribution is -2.05. The smallest absolute Gasteiger partial charge is 0.363 e. The summed E-state index contributed by atoms with van der Waals surface area (Å²) in [5, 5.41) is 14.4. The van der Waals surface area contributed by atoms with Crippen molar-refractivity contribution in [2.45, 2.75) is 0 Å². The number of rotatable bonds is 3. The number of ether oxygens (including phenoxy) is 1. The maximum absolute atomic E-state index is 11.7. The Bertz CT molecular complexity index is 761. The number of nitro groups is 1. The second-order valence-electron chi connectivity index (χ2n) is 4.20. The van der Waals surface area contributed by atoms with E-state index in [9.17, 15) is 14.9 Å². The largest absolute Gasteiger partial charge is 0.402 e. The highest BCUT2D eigenvalue weighted by Gasteiger charge is 2.24. The number of hydrogen-bond donors (Lipinski definition) is 0. The first-order valence-corrected chi connectivity index (χ1v) is 6.87. The summed E-state index contributed by atoms with van der Waals surface area (Å²) in [6, 6.07) is 7.54. The van der Waals surface area contributed by atoms with Crippen molar-refractivity contribution in [2.75, 3.05) is 0 Å². The van der Waals surface area contributed by atoms with Gasteiger partial charge in [-0.1, -0.05) is 0 Å². The fraction of sp³-hybridized carbons (Fsp3) is 0. The predicted molar refractivity (Wildman–Crippen MR) is 78.0 cm³/mol. The quantitative estimate of drug-likeness (QED) is 0.377. The number of aliphatic imine (C=N–C) groups is 1. The molecule has 0 saturated heterocycles. The van der Waals surface area contributed by atoms with E-state index in [4.69, 9.17) is 4.74 Å². The molecule has 0 fully saturated rings. The molecule has 1 aliphatic heterocycles. The highest BCUT2D eigenvalue weighted by molar-refractivity contribution is 7.08. The first-order chi connectivity index (χ1) is 10.1. The van der Waals surface area contributed by atoms with Crippen LogP contribution in [0.3, 0.4) is 0 Å². The van der Waals surface area contributed by atoms with Crippen LogP contribution in [-0.4, -0.2) is 16.8 Å². The monoisotopic (exact) mass is 300 g/mol. The van der Waals surface area contributed by atoms with Crippen molar-refractivity contribution in [3.8, 4) is 0 Å². The minimum atomic E-state index is -0.533. The lowest BCUT2D eigenvalue weighted by Gasteiger charge is -1.98. The highest BCUT2D eigenvalue weighted by atomic mass is 32.1. The van der Waals surface area contributed by atoms with Crippen molar-refractivity contribution in [2.24, 2.45) is 4.99 Å². The third-order valence-corrected chi connectivity index (χ3v) is 3.49. The van der Waals surface area contributed by atoms with Crippen LogP contribution in [0.1, 0.15) is 11.1 Å². The Kier molecular flexibility index (Phi) is 3.33. The Morgan fingerprint density at radius 2 is 2.00 bits per heavy atom. The molecule has 0 radical (unpaired) electrons. The minimum absolute atomic E-state index is 0.0299. The van der Waals surface area contributed by atoms with Crippen molar-refractivity contribution in [3.63, 3.8) is 0 Å². The normalized spacial score (nSPS) is 15.9. The first kappa shape index (κ1) is 13.2. The number of carbonyl (C=O) groups is 1. The second-order valence-corrected chi connectivity index (χ2v) is 4.98. The van der Waals surface area contributed by atoms with Gasteiger partial charge in [0.05, 0.1) is 4.92 Å². The SMILES string of the molecule is O=C1OC(c2ccc([N+](=O)[O-])cc2)=NC1=Cc1ccsc1. The maximum Gasteiger partial charge on any atom is 0.363 e. The molecule has 6 nitrogen and oxygen atoms in total. The molecule has 104 valence electrons. The molecule has 2 heterocycles. The number of esters is 1. The Morgan fingerprint density at radius 3 is 2.62 bits per heavy atom. The summed E-state index contributed by atoms with van der Waals surface area (Å²) in [6.45, 7) is 0. The van der Waals surface area contributed by atoms with E-state index in [1.807, 2.05) is 16.8 Å². The molecule has 7 heteroatoms. The van der Waals surface area contributed by atoms with Crippen LogP contribution in [0.4, 0.5) is 5.69 Å². The zero-order valence-electron chi connectivity index (χ0n) is 10.6. The van der Waals surface area contributed by atoms with E-state index >= 15 is 0 Å². The fourth-order valence-corrected chi connectivity index (χ4v) is 2.39. The van der Waals surface area contributed by atoms with E-state index in [0.29, 0.717) is 5.56 Å². The third kappa shape index (κ3) is 2.72. The molecule has 2 aromatic rings. The molecule has 0 atom stereocenters. The Hall–Kier alpha value is -2.80. The number of hydrogen-bond acceptors (Lipinski definition) is 6. The second kappa shape index (κ2) is 5.29. The predicted octanol–water partition coefficient (Wildman–Crippen LogP) is 3.00. The van der Waals surface area contributed by atoms with Gasteiger partial charge in [0, 0.05) is 17.7 Å². The van der Waals surface area contributed by atoms with Crippen molar-refractivity contribution < 1.29 is 14.5 Å². The van der Waals surface area contributed by atoms with Gasteiger partial charge in [0.25, 0.3) is 5.69 Å². The summed E-state index contributed by atoms with van der Waals surface area (Å²) in [7, 11) is 0. The van der Waals surface area contributed by atoms with Crippen LogP contribution in [0, 0.1) is 10.1 Å². The van der Waals surface area contributed by atoms with Crippen LogP contribution in [0.15, 0.2) is 51.8 Å². The zero-order valence-corrected chi connectivity index (χ0v) is 11.4. The van der Waals surface area contributed by atoms with Gasteiger partial charge in [0.15, 0.2) is 5.70 Å². The van der Waals surface area contributed by atoms with Gasteiger partial charge in [-0.15, -0.1) is 0 Å². The van der Waals surface area contributed by atoms with Crippen LogP contribution in [0.25, 0.3) is 6.08 Å². The Labute approximate surface area is 123 Å². The van der Waals surface area contributed by atoms with E-state index in [-0.39, 0.29) is 17.3 Å². The van der Waals surface area contributed by atoms with E-state index in [0.717, 1.165) is 5.56 Å². The van der Waals surface area contributed by atoms with Gasteiger partial charge in [-0.3, -0.25) is 10.1 Å². The third-order valence-electron chi connectivity index (χ3n) is 2.79. The Balaban J connectivity index is 1.89. The van der Waals surface area contributed by atoms with E-state index < -0.39 is 10.9 Å². The molecule has 0 N–H and O–H groups in total. The zero-order chi connectivity index (χ0) is 14.8. The number of thiophene rings is 1. The van der Waals surface area contributed by atoms with Crippen LogP contribution in [0.5, 0.6) is 0 Å². The number of cyclic esters (lactones) is 1. The highest BCUT2D eigenvalue weighted by Crippen LogP contribution is 2.21. The first-order valence-electron chi connectivity index (χ1n) is 5.93. The molecule has 0 spiro atoms. The van der Waals surface area contributed by atoms with Gasteiger partial charge in [-0.25, -0.2) is 9.79 Å². The Morgan fingerprint density at radius 1 is 1.24 bits per heavy atom. The van der Waals surface area contributed by atoms with E-state index in [1.165, 1.54) is 35.6 Å². The van der Waals surface area contributed by atoms with Gasteiger partial charge in [-0.05, 0) is 40.6 Å². The number of carbonyl (C=O) groups excluding carboxylic acids is 1. The summed E-state index contributed by atoms with van der Waals surface area (Å²) >= 11 is 1.52. The topological polar surface area (TPSA) is 81.8 Å². The molecular formula is C14H8N2O4S. The minimum Gasteiger partial charge on any atom is -0.402 e. The van der Waals surface area contributed by atoms with Crippen LogP contribution in [-0.2, 0) is 9.53 Å². The summed E-state index contributed by atoms with van der Waals surface area (Å²) < 4.78 is 5.09. The van der Waals surface area contributed by atoms with Crippen LogP contribution >= 0.6 is 11.3 Å². The van der Waals surface area contributed by atoms with Crippen molar-refractivity contribution in [1.82, 2.24) is 0 Å². The molecule has 0 saturated carbocycles. The number of non-ortho nitro benzene ring substituents is 1. The van der Waals surface area contributed by atoms with Crippen molar-refractivity contribution in [1.29, 1.82) is 0 Å². The number of benzene rings is 1. The summed E-state index contributed by atoms with van der Waals surface area (Å²) in [6.07, 6.45) is 1.64. The molecule has 1 aromatic carbocycles. The summed E-state index contributed by atoms with van der Waals surface area (Å²) in [5.74, 6) is -0.383. The van der Waals surface area contributed by atoms with Crippen molar-refractivity contribution in [3.05, 3.63) is 68.0 Å². The van der Waals surface area contributed by atoms with Gasteiger partial charge in [0.2, 0.25) is 5.90 Å². The molecule has 0 unspecified atom stereocenters.